The third kappa shape index (κ3) is 2.13. The summed E-state index contributed by atoms with van der Waals surface area (Å²) in [7, 11) is 1.91. The number of nitrogens with zero attached hydrogens (tertiary/aromatic N) is 5. The van der Waals surface area contributed by atoms with Crippen molar-refractivity contribution in [2.75, 3.05) is 24.7 Å². The van der Waals surface area contributed by atoms with Crippen molar-refractivity contribution >= 4 is 28.5 Å². The van der Waals surface area contributed by atoms with Crippen LogP contribution >= 0.6 is 11.6 Å². The first-order valence-corrected chi connectivity index (χ1v) is 7.20. The monoisotopic (exact) mass is 295 g/mol. The van der Waals surface area contributed by atoms with E-state index >= 15 is 0 Å². The molecule has 1 fully saturated rings. The molecule has 2 aromatic rings. The van der Waals surface area contributed by atoms with Crippen LogP contribution in [0.1, 0.15) is 19.0 Å². The average molecular weight is 296 g/mol. The number of morpholine rings is 1. The normalized spacial score (nSPS) is 19.8. The Morgan fingerprint density at radius 1 is 1.40 bits per heavy atom. The van der Waals surface area contributed by atoms with Crippen LogP contribution in [0.15, 0.2) is 0 Å². The maximum Gasteiger partial charge on any atom is 0.225 e. The molecule has 7 heteroatoms. The fraction of sp³-hybridized carbons (Fsp3) is 0.615. The number of hydrogen-bond donors (Lipinski definition) is 0. The van der Waals surface area contributed by atoms with Gasteiger partial charge in [0.1, 0.15) is 11.0 Å². The van der Waals surface area contributed by atoms with E-state index in [4.69, 9.17) is 16.3 Å². The molecule has 0 radical (unpaired) electrons. The number of ether oxygens (including phenoxy) is 1. The molecule has 3 rings (SSSR count). The zero-order chi connectivity index (χ0) is 14.3. The second-order valence-corrected chi connectivity index (χ2v) is 5.39. The summed E-state index contributed by atoms with van der Waals surface area (Å²) < 4.78 is 7.39. The molecule has 1 aliphatic heterocycles. The number of hydrogen-bond acceptors (Lipinski definition) is 5. The Morgan fingerprint density at radius 2 is 2.20 bits per heavy atom. The van der Waals surface area contributed by atoms with Crippen LogP contribution in [0.2, 0.25) is 5.28 Å². The number of aromatic nitrogens is 4. The molecule has 3 heterocycles. The molecule has 2 aromatic heterocycles. The van der Waals surface area contributed by atoms with Gasteiger partial charge in [0.25, 0.3) is 0 Å². The van der Waals surface area contributed by atoms with Crippen molar-refractivity contribution in [2.45, 2.75) is 26.3 Å². The maximum absolute atomic E-state index is 6.10. The van der Waals surface area contributed by atoms with Gasteiger partial charge in [-0.05, 0) is 24.9 Å². The lowest BCUT2D eigenvalue weighted by Crippen LogP contribution is -2.45. The first-order valence-electron chi connectivity index (χ1n) is 6.83. The van der Waals surface area contributed by atoms with Gasteiger partial charge in [-0.25, -0.2) is 4.98 Å². The fourth-order valence-electron chi connectivity index (χ4n) is 2.76. The molecular weight excluding hydrogens is 278 g/mol. The molecule has 0 saturated carbocycles. The number of halogens is 1. The van der Waals surface area contributed by atoms with E-state index in [1.165, 1.54) is 0 Å². The minimum Gasteiger partial charge on any atom is -0.377 e. The fourth-order valence-corrected chi connectivity index (χ4v) is 2.93. The third-order valence-corrected chi connectivity index (χ3v) is 3.94. The van der Waals surface area contributed by atoms with Crippen LogP contribution < -0.4 is 4.90 Å². The molecule has 0 spiro atoms. The van der Waals surface area contributed by atoms with Gasteiger partial charge in [0, 0.05) is 13.6 Å². The van der Waals surface area contributed by atoms with E-state index in [1.54, 1.807) is 0 Å². The highest BCUT2D eigenvalue weighted by molar-refractivity contribution is 6.28. The van der Waals surface area contributed by atoms with Crippen LogP contribution in [0.4, 0.5) is 5.82 Å². The molecule has 1 atom stereocenters. The minimum atomic E-state index is 0.268. The van der Waals surface area contributed by atoms with Crippen LogP contribution in [0.3, 0.4) is 0 Å². The zero-order valence-corrected chi connectivity index (χ0v) is 12.7. The molecule has 0 aromatic carbocycles. The zero-order valence-electron chi connectivity index (χ0n) is 11.9. The van der Waals surface area contributed by atoms with E-state index in [9.17, 15) is 0 Å². The number of fused-ring (bicyclic) bond motifs is 1. The van der Waals surface area contributed by atoms with E-state index < -0.39 is 0 Å². The van der Waals surface area contributed by atoms with Crippen molar-refractivity contribution in [3.63, 3.8) is 0 Å². The standard InChI is InChI=1S/C13H18ClN5O/c1-4-9-7-20-6-5-19(9)12-11-10(15-13(14)16-12)8(2)17-18(11)3/h9H,4-7H2,1-3H3/t9-/m0/s1. The Labute approximate surface area is 122 Å². The predicted octanol–water partition coefficient (Wildman–Crippen LogP) is 1.94. The lowest BCUT2D eigenvalue weighted by molar-refractivity contribution is 0.0927. The molecule has 0 unspecified atom stereocenters. The van der Waals surface area contributed by atoms with Crippen LogP contribution in [0.25, 0.3) is 11.0 Å². The Balaban J connectivity index is 2.19. The van der Waals surface area contributed by atoms with Gasteiger partial charge in [0.2, 0.25) is 5.28 Å². The summed E-state index contributed by atoms with van der Waals surface area (Å²) >= 11 is 6.10. The second-order valence-electron chi connectivity index (χ2n) is 5.05. The Morgan fingerprint density at radius 3 is 2.95 bits per heavy atom. The highest BCUT2D eigenvalue weighted by Crippen LogP contribution is 2.29. The van der Waals surface area contributed by atoms with Gasteiger partial charge in [-0.3, -0.25) is 4.68 Å². The summed E-state index contributed by atoms with van der Waals surface area (Å²) in [5, 5.41) is 4.70. The average Bonchev–Trinajstić information content (AvgIpc) is 2.73. The molecule has 20 heavy (non-hydrogen) atoms. The first-order chi connectivity index (χ1) is 9.61. The summed E-state index contributed by atoms with van der Waals surface area (Å²) in [6, 6.07) is 0.313. The first kappa shape index (κ1) is 13.6. The lowest BCUT2D eigenvalue weighted by Gasteiger charge is -2.36. The van der Waals surface area contributed by atoms with Crippen molar-refractivity contribution in [3.05, 3.63) is 11.0 Å². The van der Waals surface area contributed by atoms with Gasteiger partial charge < -0.3 is 9.64 Å². The van der Waals surface area contributed by atoms with Crippen LogP contribution in [0, 0.1) is 6.92 Å². The van der Waals surface area contributed by atoms with Gasteiger partial charge in [-0.1, -0.05) is 6.92 Å². The van der Waals surface area contributed by atoms with Crippen molar-refractivity contribution < 1.29 is 4.74 Å². The van der Waals surface area contributed by atoms with Gasteiger partial charge in [0.15, 0.2) is 5.82 Å². The smallest absolute Gasteiger partial charge is 0.225 e. The van der Waals surface area contributed by atoms with E-state index in [1.807, 2.05) is 18.7 Å². The van der Waals surface area contributed by atoms with Gasteiger partial charge in [-0.15, -0.1) is 0 Å². The number of anilines is 1. The molecule has 6 nitrogen and oxygen atoms in total. The lowest BCUT2D eigenvalue weighted by atomic mass is 10.1. The van der Waals surface area contributed by atoms with Crippen LogP contribution in [-0.4, -0.2) is 45.5 Å². The molecule has 1 aliphatic rings. The molecular formula is C13H18ClN5O. The van der Waals surface area contributed by atoms with Crippen molar-refractivity contribution in [1.82, 2.24) is 19.7 Å². The van der Waals surface area contributed by atoms with Crippen molar-refractivity contribution in [1.29, 1.82) is 0 Å². The minimum absolute atomic E-state index is 0.268. The van der Waals surface area contributed by atoms with E-state index in [0.29, 0.717) is 12.6 Å². The molecule has 0 bridgehead atoms. The van der Waals surface area contributed by atoms with E-state index in [2.05, 4.69) is 26.9 Å². The maximum atomic E-state index is 6.10. The summed E-state index contributed by atoms with van der Waals surface area (Å²) in [6.07, 6.45) is 1.000. The summed E-state index contributed by atoms with van der Waals surface area (Å²) in [5.41, 5.74) is 2.63. The van der Waals surface area contributed by atoms with Gasteiger partial charge >= 0.3 is 0 Å². The number of rotatable bonds is 2. The highest BCUT2D eigenvalue weighted by atomic mass is 35.5. The Kier molecular flexibility index (Phi) is 3.52. The molecule has 0 N–H and O–H groups in total. The van der Waals surface area contributed by atoms with Crippen LogP contribution in [-0.2, 0) is 11.8 Å². The molecule has 0 amide bonds. The predicted molar refractivity (Wildman–Crippen MR) is 78.3 cm³/mol. The molecule has 0 aliphatic carbocycles. The largest absolute Gasteiger partial charge is 0.377 e. The van der Waals surface area contributed by atoms with Crippen LogP contribution in [0.5, 0.6) is 0 Å². The summed E-state index contributed by atoms with van der Waals surface area (Å²) in [5.74, 6) is 0.859. The Bertz CT molecular complexity index is 641. The van der Waals surface area contributed by atoms with E-state index in [0.717, 1.165) is 42.1 Å². The molecule has 108 valence electrons. The Hall–Kier alpha value is -1.40. The van der Waals surface area contributed by atoms with E-state index in [-0.39, 0.29) is 5.28 Å². The highest BCUT2D eigenvalue weighted by Gasteiger charge is 2.27. The topological polar surface area (TPSA) is 56.1 Å². The quantitative estimate of drug-likeness (QED) is 0.793. The van der Waals surface area contributed by atoms with Crippen molar-refractivity contribution in [3.8, 4) is 0 Å². The summed E-state index contributed by atoms with van der Waals surface area (Å²) in [4.78, 5) is 11.0. The van der Waals surface area contributed by atoms with Crippen molar-refractivity contribution in [2.24, 2.45) is 7.05 Å². The summed E-state index contributed by atoms with van der Waals surface area (Å²) in [6.45, 7) is 6.32. The SMILES string of the molecule is CC[C@H]1COCCN1c1nc(Cl)nc2c(C)nn(C)c12. The third-order valence-electron chi connectivity index (χ3n) is 3.78. The number of aryl methyl sites for hydroxylation is 2. The van der Waals surface area contributed by atoms with Gasteiger partial charge in [0.05, 0.1) is 24.9 Å². The molecule has 1 saturated heterocycles. The second kappa shape index (κ2) is 5.18. The van der Waals surface area contributed by atoms with Gasteiger partial charge in [-0.2, -0.15) is 10.1 Å².